The Hall–Kier alpha value is -2.76. The lowest BCUT2D eigenvalue weighted by Crippen LogP contribution is -2.35. The molecule has 132 valence electrons. The number of rotatable bonds is 5. The van der Waals surface area contributed by atoms with Crippen LogP contribution in [0.2, 0.25) is 0 Å². The van der Waals surface area contributed by atoms with Crippen molar-refractivity contribution < 1.29 is 14.3 Å². The van der Waals surface area contributed by atoms with Crippen molar-refractivity contribution in [2.75, 3.05) is 20.3 Å². The third-order valence-corrected chi connectivity index (χ3v) is 4.40. The molecule has 1 N–H and O–H groups in total. The van der Waals surface area contributed by atoms with Crippen molar-refractivity contribution in [1.82, 2.24) is 9.88 Å². The Labute approximate surface area is 146 Å². The first kappa shape index (κ1) is 17.1. The maximum Gasteiger partial charge on any atom is 0.251 e. The van der Waals surface area contributed by atoms with E-state index in [4.69, 9.17) is 9.47 Å². The number of aromatic nitrogens is 1. The van der Waals surface area contributed by atoms with Gasteiger partial charge in [0.15, 0.2) is 11.5 Å². The van der Waals surface area contributed by atoms with E-state index >= 15 is 0 Å². The number of nitrogens with one attached hydrogen (secondary N) is 1. The van der Waals surface area contributed by atoms with Gasteiger partial charge in [-0.05, 0) is 31.0 Å². The third kappa shape index (κ3) is 3.68. The van der Waals surface area contributed by atoms with Crippen LogP contribution in [0.3, 0.4) is 0 Å². The molecule has 1 unspecified atom stereocenters. The number of fused-ring (bicyclic) bond motifs is 1. The summed E-state index contributed by atoms with van der Waals surface area (Å²) in [7, 11) is 1.62. The second-order valence-electron chi connectivity index (χ2n) is 6.08. The predicted octanol–water partition coefficient (Wildman–Crippen LogP) is 1.86. The van der Waals surface area contributed by atoms with Crippen LogP contribution >= 0.6 is 0 Å². The van der Waals surface area contributed by atoms with Gasteiger partial charge in [0.25, 0.3) is 11.5 Å². The van der Waals surface area contributed by atoms with Gasteiger partial charge < -0.3 is 19.4 Å². The number of para-hydroxylation sites is 1. The molecule has 0 bridgehead atoms. The van der Waals surface area contributed by atoms with Crippen LogP contribution in [0.15, 0.2) is 41.3 Å². The lowest BCUT2D eigenvalue weighted by Gasteiger charge is -2.26. The fourth-order valence-electron chi connectivity index (χ4n) is 3.00. The van der Waals surface area contributed by atoms with Gasteiger partial charge in [-0.15, -0.1) is 0 Å². The van der Waals surface area contributed by atoms with E-state index < -0.39 is 0 Å². The summed E-state index contributed by atoms with van der Waals surface area (Å²) in [5, 5.41) is 2.89. The lowest BCUT2D eigenvalue weighted by molar-refractivity contribution is 0.0938. The molecule has 0 saturated heterocycles. The zero-order valence-corrected chi connectivity index (χ0v) is 14.5. The minimum atomic E-state index is -0.239. The van der Waals surface area contributed by atoms with Crippen LogP contribution < -0.4 is 20.3 Å². The summed E-state index contributed by atoms with van der Waals surface area (Å²) in [6.45, 7) is 3.48. The number of benzene rings is 1. The minimum absolute atomic E-state index is 0.169. The Balaban J connectivity index is 1.61. The summed E-state index contributed by atoms with van der Waals surface area (Å²) < 4.78 is 12.7. The second-order valence-corrected chi connectivity index (χ2v) is 6.08. The molecule has 0 saturated carbocycles. The zero-order chi connectivity index (χ0) is 17.8. The van der Waals surface area contributed by atoms with Gasteiger partial charge in [-0.2, -0.15) is 0 Å². The van der Waals surface area contributed by atoms with Gasteiger partial charge in [0.2, 0.25) is 0 Å². The fraction of sp³-hybridized carbons (Fsp3) is 0.368. The van der Waals surface area contributed by atoms with Crippen LogP contribution in [0.1, 0.15) is 22.8 Å². The van der Waals surface area contributed by atoms with Gasteiger partial charge in [0, 0.05) is 36.8 Å². The molecule has 2 heterocycles. The van der Waals surface area contributed by atoms with Gasteiger partial charge in [-0.25, -0.2) is 0 Å². The number of nitrogens with zero attached hydrogens (tertiary/aromatic N) is 1. The van der Waals surface area contributed by atoms with Crippen molar-refractivity contribution in [3.05, 3.63) is 58.0 Å². The topological polar surface area (TPSA) is 69.6 Å². The number of carbonyl (C=O) groups excluding carboxylic acids is 1. The number of hydrogen-bond acceptors (Lipinski definition) is 4. The van der Waals surface area contributed by atoms with Crippen LogP contribution in [0.5, 0.6) is 11.5 Å². The monoisotopic (exact) mass is 342 g/mol. The fourth-order valence-corrected chi connectivity index (χ4v) is 3.00. The quantitative estimate of drug-likeness (QED) is 0.900. The first-order valence-electron chi connectivity index (χ1n) is 8.39. The average Bonchev–Trinajstić information content (AvgIpc) is 2.65. The molecule has 1 amide bonds. The summed E-state index contributed by atoms with van der Waals surface area (Å²) in [6, 6.07) is 8.86. The van der Waals surface area contributed by atoms with Crippen molar-refractivity contribution >= 4 is 5.91 Å². The molecule has 1 atom stereocenters. The molecule has 6 heteroatoms. The molecule has 0 fully saturated rings. The van der Waals surface area contributed by atoms with Crippen LogP contribution in [0, 0.1) is 5.92 Å². The van der Waals surface area contributed by atoms with Crippen LogP contribution in [-0.4, -0.2) is 30.7 Å². The largest absolute Gasteiger partial charge is 0.493 e. The van der Waals surface area contributed by atoms with E-state index in [1.54, 1.807) is 23.9 Å². The summed E-state index contributed by atoms with van der Waals surface area (Å²) in [6.07, 6.45) is 2.45. The summed E-state index contributed by atoms with van der Waals surface area (Å²) >= 11 is 0. The number of pyridine rings is 1. The highest BCUT2D eigenvalue weighted by molar-refractivity contribution is 5.93. The van der Waals surface area contributed by atoms with Crippen LogP contribution in [0.25, 0.3) is 0 Å². The van der Waals surface area contributed by atoms with E-state index in [0.29, 0.717) is 25.3 Å². The van der Waals surface area contributed by atoms with Crippen molar-refractivity contribution in [2.24, 2.45) is 5.92 Å². The maximum absolute atomic E-state index is 12.3. The second kappa shape index (κ2) is 7.42. The number of aryl methyl sites for hydroxylation is 1. The van der Waals surface area contributed by atoms with Crippen molar-refractivity contribution in [1.29, 1.82) is 0 Å². The van der Waals surface area contributed by atoms with Crippen molar-refractivity contribution in [3.63, 3.8) is 0 Å². The molecule has 0 radical (unpaired) electrons. The van der Waals surface area contributed by atoms with E-state index in [1.165, 1.54) is 6.07 Å². The lowest BCUT2D eigenvalue weighted by atomic mass is 9.96. The average molecular weight is 342 g/mol. The van der Waals surface area contributed by atoms with E-state index in [0.717, 1.165) is 23.5 Å². The normalized spacial score (nSPS) is 15.8. The number of carbonyl (C=O) groups is 1. The molecule has 0 spiro atoms. The SMILES string of the molecule is CCn1ccc(C(=O)NCC2COc3c(cccc3OC)C2)cc1=O. The van der Waals surface area contributed by atoms with E-state index in [2.05, 4.69) is 5.32 Å². The van der Waals surface area contributed by atoms with Gasteiger partial charge in [0.1, 0.15) is 0 Å². The number of ether oxygens (including phenoxy) is 2. The van der Waals surface area contributed by atoms with Crippen LogP contribution in [0.4, 0.5) is 0 Å². The molecule has 3 rings (SSSR count). The summed E-state index contributed by atoms with van der Waals surface area (Å²) in [5.41, 5.74) is 1.29. The molecular weight excluding hydrogens is 320 g/mol. The summed E-state index contributed by atoms with van der Waals surface area (Å²) in [5.74, 6) is 1.46. The Morgan fingerprint density at radius 3 is 2.96 bits per heavy atom. The molecule has 25 heavy (non-hydrogen) atoms. The minimum Gasteiger partial charge on any atom is -0.493 e. The third-order valence-electron chi connectivity index (χ3n) is 4.40. The van der Waals surface area contributed by atoms with E-state index in [1.807, 2.05) is 25.1 Å². The molecule has 1 aliphatic rings. The molecule has 1 aromatic carbocycles. The number of hydrogen-bond donors (Lipinski definition) is 1. The summed E-state index contributed by atoms with van der Waals surface area (Å²) in [4.78, 5) is 24.1. The Morgan fingerprint density at radius 1 is 1.40 bits per heavy atom. The predicted molar refractivity (Wildman–Crippen MR) is 94.4 cm³/mol. The molecule has 1 aliphatic heterocycles. The smallest absolute Gasteiger partial charge is 0.251 e. The molecular formula is C19H22N2O4. The first-order valence-corrected chi connectivity index (χ1v) is 8.39. The molecule has 2 aromatic rings. The van der Waals surface area contributed by atoms with E-state index in [-0.39, 0.29) is 17.4 Å². The Morgan fingerprint density at radius 2 is 2.24 bits per heavy atom. The highest BCUT2D eigenvalue weighted by atomic mass is 16.5. The number of methoxy groups -OCH3 is 1. The van der Waals surface area contributed by atoms with Gasteiger partial charge in [-0.1, -0.05) is 12.1 Å². The molecule has 1 aromatic heterocycles. The highest BCUT2D eigenvalue weighted by Gasteiger charge is 2.23. The van der Waals surface area contributed by atoms with Gasteiger partial charge in [0.05, 0.1) is 13.7 Å². The van der Waals surface area contributed by atoms with Crippen molar-refractivity contribution in [2.45, 2.75) is 19.9 Å². The Bertz CT molecular complexity index is 828. The number of amides is 1. The van der Waals surface area contributed by atoms with Crippen LogP contribution in [-0.2, 0) is 13.0 Å². The molecule has 0 aliphatic carbocycles. The highest BCUT2D eigenvalue weighted by Crippen LogP contribution is 2.35. The van der Waals surface area contributed by atoms with Gasteiger partial charge >= 0.3 is 0 Å². The molecule has 6 nitrogen and oxygen atoms in total. The standard InChI is InChI=1S/C19H22N2O4/c1-3-21-8-7-15(10-17(21)22)19(23)20-11-13-9-14-5-4-6-16(24-2)18(14)25-12-13/h4-8,10,13H,3,9,11-12H2,1-2H3,(H,20,23). The van der Waals surface area contributed by atoms with Gasteiger partial charge in [-0.3, -0.25) is 9.59 Å². The van der Waals surface area contributed by atoms with E-state index in [9.17, 15) is 9.59 Å². The zero-order valence-electron chi connectivity index (χ0n) is 14.5. The maximum atomic E-state index is 12.3. The Kier molecular flexibility index (Phi) is 5.07. The first-order chi connectivity index (χ1) is 12.1. The van der Waals surface area contributed by atoms with Crippen molar-refractivity contribution in [3.8, 4) is 11.5 Å².